The monoisotopic (exact) mass is 443 g/mol. The third kappa shape index (κ3) is 6.94. The number of aromatic nitrogens is 1. The van der Waals surface area contributed by atoms with Gasteiger partial charge in [-0.05, 0) is 68.3 Å². The van der Waals surface area contributed by atoms with Gasteiger partial charge in [-0.2, -0.15) is 0 Å². The van der Waals surface area contributed by atoms with Gasteiger partial charge in [0, 0.05) is 17.5 Å². The lowest BCUT2D eigenvalue weighted by atomic mass is 10.2. The number of nitrogens with zero attached hydrogens (tertiary/aromatic N) is 1. The molecule has 1 aromatic heterocycles. The van der Waals surface area contributed by atoms with E-state index < -0.39 is 5.25 Å². The molecular weight excluding hydrogens is 413 g/mol. The van der Waals surface area contributed by atoms with Gasteiger partial charge in [0.2, 0.25) is 5.91 Å². The second-order valence-corrected chi connectivity index (χ2v) is 7.84. The van der Waals surface area contributed by atoms with E-state index in [-0.39, 0.29) is 11.7 Å². The lowest BCUT2D eigenvalue weighted by Crippen LogP contribution is -2.31. The molecule has 166 valence electrons. The highest BCUT2D eigenvalue weighted by atomic mass is 32.2. The topological polar surface area (TPSA) is 77.2 Å². The number of nitrogens with one attached hydrogen (secondary N) is 1. The average molecular weight is 444 g/mol. The molecule has 0 spiro atoms. The van der Waals surface area contributed by atoms with Gasteiger partial charge in [-0.3, -0.25) is 4.79 Å². The normalized spacial score (nSPS) is 13.2. The number of allylic oxidation sites excluding steroid dienone is 2. The zero-order chi connectivity index (χ0) is 22.8. The van der Waals surface area contributed by atoms with Crippen LogP contribution in [-0.2, 0) is 16.1 Å². The first kappa shape index (κ1) is 24.6. The molecule has 31 heavy (non-hydrogen) atoms. The maximum Gasteiger partial charge on any atom is 0.237 e. The van der Waals surface area contributed by atoms with Gasteiger partial charge in [-0.15, -0.1) is 0 Å². The summed E-state index contributed by atoms with van der Waals surface area (Å²) in [4.78, 5) is 17.3. The quantitative estimate of drug-likeness (QED) is 0.638. The van der Waals surface area contributed by atoms with Crippen molar-refractivity contribution in [1.82, 2.24) is 4.98 Å². The largest absolute Gasteiger partial charge is 0.494 e. The molecule has 0 aliphatic heterocycles. The molecule has 1 amide bonds. The predicted molar refractivity (Wildman–Crippen MR) is 126 cm³/mol. The van der Waals surface area contributed by atoms with E-state index in [9.17, 15) is 9.18 Å². The van der Waals surface area contributed by atoms with E-state index in [1.165, 1.54) is 36.0 Å². The molecule has 0 saturated heterocycles. The Morgan fingerprint density at radius 3 is 2.65 bits per heavy atom. The fourth-order valence-corrected chi connectivity index (χ4v) is 3.81. The summed E-state index contributed by atoms with van der Waals surface area (Å²) < 4.78 is 18.7. The van der Waals surface area contributed by atoms with E-state index in [4.69, 9.17) is 15.5 Å². The van der Waals surface area contributed by atoms with Crippen molar-refractivity contribution in [2.75, 3.05) is 11.9 Å². The summed E-state index contributed by atoms with van der Waals surface area (Å²) >= 11 is 1.36. The molecule has 0 saturated carbocycles. The lowest BCUT2D eigenvalue weighted by Gasteiger charge is -2.14. The van der Waals surface area contributed by atoms with Gasteiger partial charge in [0.1, 0.15) is 16.6 Å². The number of hydrogen-bond acceptors (Lipinski definition) is 5. The molecule has 3 rings (SSSR count). The van der Waals surface area contributed by atoms with E-state index in [2.05, 4.69) is 5.32 Å². The number of halogens is 1. The van der Waals surface area contributed by atoms with Crippen LogP contribution in [0.5, 0.6) is 0 Å². The minimum atomic E-state index is -0.400. The molecule has 1 aromatic carbocycles. The Labute approximate surface area is 187 Å². The summed E-state index contributed by atoms with van der Waals surface area (Å²) in [5, 5.41) is 4.93. The van der Waals surface area contributed by atoms with Crippen molar-refractivity contribution in [1.29, 1.82) is 0 Å². The Bertz CT molecular complexity index is 1040. The number of amides is 1. The van der Waals surface area contributed by atoms with Gasteiger partial charge in [-0.1, -0.05) is 31.7 Å². The van der Waals surface area contributed by atoms with Crippen LogP contribution in [0.25, 0.3) is 12.2 Å². The summed E-state index contributed by atoms with van der Waals surface area (Å²) in [6, 6.07) is 7.69. The molecule has 0 radical (unpaired) electrons. The number of fused-ring (bicyclic) bond motifs is 1. The van der Waals surface area contributed by atoms with Crippen LogP contribution < -0.4 is 21.6 Å². The molecule has 1 atom stereocenters. The van der Waals surface area contributed by atoms with Crippen molar-refractivity contribution in [2.45, 2.75) is 50.9 Å². The highest BCUT2D eigenvalue weighted by Gasteiger charge is 2.18. The van der Waals surface area contributed by atoms with Gasteiger partial charge in [-0.25, -0.2) is 9.37 Å². The molecule has 5 nitrogen and oxygen atoms in total. The van der Waals surface area contributed by atoms with Crippen molar-refractivity contribution >= 4 is 35.5 Å². The Morgan fingerprint density at radius 2 is 2.00 bits per heavy atom. The van der Waals surface area contributed by atoms with Crippen LogP contribution in [0.4, 0.5) is 10.1 Å². The SMILES string of the molecule is CC.CCOC1=CCC=c2nc(SC(C)C(=O)Nc3ccc(F)cc3)c(CN)cc2=C1. The van der Waals surface area contributed by atoms with Crippen molar-refractivity contribution in [3.05, 3.63) is 64.1 Å². The van der Waals surface area contributed by atoms with E-state index in [1.54, 1.807) is 0 Å². The fourth-order valence-electron chi connectivity index (χ4n) is 2.86. The molecule has 7 heteroatoms. The zero-order valence-corrected chi connectivity index (χ0v) is 19.3. The number of benzene rings is 1. The predicted octanol–water partition coefficient (Wildman–Crippen LogP) is 3.71. The van der Waals surface area contributed by atoms with Crippen LogP contribution in [0.2, 0.25) is 0 Å². The average Bonchev–Trinajstić information content (AvgIpc) is 2.97. The van der Waals surface area contributed by atoms with Crippen LogP contribution in [0.1, 0.15) is 39.7 Å². The van der Waals surface area contributed by atoms with Gasteiger partial charge in [0.15, 0.2) is 0 Å². The maximum absolute atomic E-state index is 13.0. The number of hydrogen-bond donors (Lipinski definition) is 2. The summed E-state index contributed by atoms with van der Waals surface area (Å²) in [5.41, 5.74) is 7.37. The Morgan fingerprint density at radius 1 is 1.29 bits per heavy atom. The Balaban J connectivity index is 0.00000166. The fraction of sp³-hybridized carbons (Fsp3) is 0.333. The number of nitrogens with two attached hydrogens (primary N) is 1. The minimum absolute atomic E-state index is 0.183. The first-order chi connectivity index (χ1) is 15.0. The van der Waals surface area contributed by atoms with Crippen molar-refractivity contribution < 1.29 is 13.9 Å². The zero-order valence-electron chi connectivity index (χ0n) is 18.4. The molecular formula is C24H30FN3O2S. The summed E-state index contributed by atoms with van der Waals surface area (Å²) in [7, 11) is 0. The van der Waals surface area contributed by atoms with Crippen molar-refractivity contribution in [3.8, 4) is 0 Å². The summed E-state index contributed by atoms with van der Waals surface area (Å²) in [6.07, 6.45) is 6.73. The van der Waals surface area contributed by atoms with Gasteiger partial charge in [0.25, 0.3) is 0 Å². The molecule has 0 bridgehead atoms. The number of carbonyl (C=O) groups is 1. The van der Waals surface area contributed by atoms with Crippen molar-refractivity contribution in [2.24, 2.45) is 5.73 Å². The molecule has 0 fully saturated rings. The van der Waals surface area contributed by atoms with E-state index in [1.807, 2.05) is 52.0 Å². The number of carbonyl (C=O) groups excluding carboxylic acids is 1. The van der Waals surface area contributed by atoms with Crippen molar-refractivity contribution in [3.63, 3.8) is 0 Å². The molecule has 1 aliphatic rings. The number of thioether (sulfide) groups is 1. The van der Waals surface area contributed by atoms with E-state index in [0.29, 0.717) is 18.8 Å². The van der Waals surface area contributed by atoms with Gasteiger partial charge < -0.3 is 15.8 Å². The summed E-state index contributed by atoms with van der Waals surface area (Å²) in [5.74, 6) is 0.291. The van der Waals surface area contributed by atoms with Gasteiger partial charge in [0.05, 0.1) is 17.2 Å². The second kappa shape index (κ2) is 12.3. The molecule has 3 N–H and O–H groups in total. The smallest absolute Gasteiger partial charge is 0.237 e. The highest BCUT2D eigenvalue weighted by Crippen LogP contribution is 2.24. The number of anilines is 1. The first-order valence-electron chi connectivity index (χ1n) is 10.5. The first-order valence-corrected chi connectivity index (χ1v) is 11.4. The van der Waals surface area contributed by atoms with E-state index >= 15 is 0 Å². The number of pyridine rings is 1. The van der Waals surface area contributed by atoms with Crippen LogP contribution in [-0.4, -0.2) is 22.7 Å². The number of rotatable bonds is 7. The molecule has 1 aliphatic carbocycles. The van der Waals surface area contributed by atoms with Crippen LogP contribution in [0, 0.1) is 5.82 Å². The van der Waals surface area contributed by atoms with E-state index in [0.717, 1.165) is 33.3 Å². The molecule has 1 unspecified atom stereocenters. The molecule has 1 heterocycles. The number of ether oxygens (including phenoxy) is 1. The van der Waals surface area contributed by atoms with Gasteiger partial charge >= 0.3 is 0 Å². The summed E-state index contributed by atoms with van der Waals surface area (Å²) in [6.45, 7) is 8.67. The minimum Gasteiger partial charge on any atom is -0.494 e. The Hall–Kier alpha value is -2.64. The highest BCUT2D eigenvalue weighted by molar-refractivity contribution is 8.00. The molecule has 2 aromatic rings. The third-order valence-corrected chi connectivity index (χ3v) is 5.49. The standard InChI is InChI=1S/C22H24FN3O2S.C2H6/c1-3-28-19-5-4-6-20-15(12-19)11-16(13-24)22(26-20)29-14(2)21(27)25-18-9-7-17(23)8-10-18;1-2/h5-12,14H,3-4,13,24H2,1-2H3,(H,25,27);1-2H3. The lowest BCUT2D eigenvalue weighted by molar-refractivity contribution is -0.115. The van der Waals surface area contributed by atoms with Crippen LogP contribution in [0.15, 0.2) is 47.2 Å². The Kier molecular flexibility index (Phi) is 9.75. The van der Waals surface area contributed by atoms with Crippen LogP contribution in [0.3, 0.4) is 0 Å². The maximum atomic E-state index is 13.0. The van der Waals surface area contributed by atoms with Crippen LogP contribution >= 0.6 is 11.8 Å². The third-order valence-electron chi connectivity index (χ3n) is 4.35. The second-order valence-electron chi connectivity index (χ2n) is 6.51.